The number of aryl methyl sites for hydroxylation is 1. The summed E-state index contributed by atoms with van der Waals surface area (Å²) in [4.78, 5) is 22.1. The summed E-state index contributed by atoms with van der Waals surface area (Å²) in [5.41, 5.74) is 4.29. The van der Waals surface area contributed by atoms with Gasteiger partial charge in [0.1, 0.15) is 0 Å². The third kappa shape index (κ3) is 3.73. The number of nitro benzene ring substituents is 1. The van der Waals surface area contributed by atoms with E-state index in [0.717, 1.165) is 5.56 Å². The third-order valence-corrected chi connectivity index (χ3v) is 2.85. The van der Waals surface area contributed by atoms with Crippen LogP contribution >= 0.6 is 0 Å². The monoisotopic (exact) mass is 283 g/mol. The molecule has 0 atom stereocenters. The zero-order valence-electron chi connectivity index (χ0n) is 11.3. The van der Waals surface area contributed by atoms with Crippen LogP contribution in [0, 0.1) is 17.0 Å². The zero-order valence-corrected chi connectivity index (χ0v) is 11.3. The Labute approximate surface area is 121 Å². The Hall–Kier alpha value is -3.02. The fraction of sp³-hybridized carbons (Fsp3) is 0.0667. The highest BCUT2D eigenvalue weighted by atomic mass is 16.6. The van der Waals surface area contributed by atoms with Crippen molar-refractivity contribution in [3.8, 4) is 0 Å². The van der Waals surface area contributed by atoms with Gasteiger partial charge < -0.3 is 0 Å². The summed E-state index contributed by atoms with van der Waals surface area (Å²) in [7, 11) is 0. The van der Waals surface area contributed by atoms with Crippen LogP contribution in [0.15, 0.2) is 53.6 Å². The molecule has 0 bridgehead atoms. The molecule has 0 aliphatic heterocycles. The van der Waals surface area contributed by atoms with Gasteiger partial charge in [-0.25, -0.2) is 5.43 Å². The van der Waals surface area contributed by atoms with Gasteiger partial charge in [0.25, 0.3) is 11.6 Å². The number of carbonyl (C=O) groups excluding carboxylic acids is 1. The Balaban J connectivity index is 2.06. The maximum Gasteiger partial charge on any atom is 0.271 e. The molecule has 6 nitrogen and oxygen atoms in total. The Morgan fingerprint density at radius 1 is 1.24 bits per heavy atom. The minimum Gasteiger partial charge on any atom is -0.267 e. The number of hydrazone groups is 1. The number of hydrogen-bond acceptors (Lipinski definition) is 4. The fourth-order valence-electron chi connectivity index (χ4n) is 1.77. The molecule has 21 heavy (non-hydrogen) atoms. The lowest BCUT2D eigenvalue weighted by molar-refractivity contribution is -0.384. The van der Waals surface area contributed by atoms with E-state index in [-0.39, 0.29) is 11.6 Å². The van der Waals surface area contributed by atoms with Gasteiger partial charge in [0, 0.05) is 23.3 Å². The number of nitrogens with one attached hydrogen (secondary N) is 1. The average Bonchev–Trinajstić information content (AvgIpc) is 2.48. The second-order valence-corrected chi connectivity index (χ2v) is 4.37. The first kappa shape index (κ1) is 14.4. The standard InChI is InChI=1S/C15H13N3O3/c1-11-5-2-3-8-14(11)15(19)17-16-10-12-6-4-7-13(9-12)18(20)21/h2-10H,1H3,(H,17,19)/b16-10-. The fourth-order valence-corrected chi connectivity index (χ4v) is 1.77. The third-order valence-electron chi connectivity index (χ3n) is 2.85. The summed E-state index contributed by atoms with van der Waals surface area (Å²) >= 11 is 0. The van der Waals surface area contributed by atoms with Gasteiger partial charge >= 0.3 is 0 Å². The molecule has 106 valence electrons. The molecular formula is C15H13N3O3. The molecule has 0 saturated heterocycles. The number of rotatable bonds is 4. The van der Waals surface area contributed by atoms with E-state index in [2.05, 4.69) is 10.5 Å². The molecule has 0 spiro atoms. The van der Waals surface area contributed by atoms with Gasteiger partial charge in [-0.2, -0.15) is 5.10 Å². The maximum atomic E-state index is 11.9. The summed E-state index contributed by atoms with van der Waals surface area (Å²) in [6.07, 6.45) is 1.36. The first-order valence-electron chi connectivity index (χ1n) is 6.21. The lowest BCUT2D eigenvalue weighted by atomic mass is 10.1. The highest BCUT2D eigenvalue weighted by Crippen LogP contribution is 2.11. The van der Waals surface area contributed by atoms with Crippen molar-refractivity contribution >= 4 is 17.8 Å². The second-order valence-electron chi connectivity index (χ2n) is 4.37. The quantitative estimate of drug-likeness (QED) is 0.532. The van der Waals surface area contributed by atoms with E-state index in [1.54, 1.807) is 24.3 Å². The molecule has 2 aromatic carbocycles. The van der Waals surface area contributed by atoms with Gasteiger partial charge in [-0.3, -0.25) is 14.9 Å². The van der Waals surface area contributed by atoms with Crippen molar-refractivity contribution in [2.75, 3.05) is 0 Å². The van der Waals surface area contributed by atoms with Gasteiger partial charge in [-0.15, -0.1) is 0 Å². The number of amides is 1. The van der Waals surface area contributed by atoms with Crippen LogP contribution in [-0.2, 0) is 0 Å². The van der Waals surface area contributed by atoms with E-state index in [4.69, 9.17) is 0 Å². The van der Waals surface area contributed by atoms with Crippen LogP contribution in [0.2, 0.25) is 0 Å². The average molecular weight is 283 g/mol. The Kier molecular flexibility index (Phi) is 4.40. The van der Waals surface area contributed by atoms with Gasteiger partial charge in [0.2, 0.25) is 0 Å². The Bertz CT molecular complexity index is 711. The Morgan fingerprint density at radius 2 is 2.00 bits per heavy atom. The zero-order chi connectivity index (χ0) is 15.2. The van der Waals surface area contributed by atoms with Gasteiger partial charge in [-0.1, -0.05) is 30.3 Å². The van der Waals surface area contributed by atoms with Crippen LogP contribution in [-0.4, -0.2) is 17.0 Å². The van der Waals surface area contributed by atoms with Crippen molar-refractivity contribution in [3.05, 3.63) is 75.3 Å². The molecule has 0 unspecified atom stereocenters. The van der Waals surface area contributed by atoms with Crippen molar-refractivity contribution in [2.24, 2.45) is 5.10 Å². The predicted octanol–water partition coefficient (Wildman–Crippen LogP) is 2.67. The normalized spacial score (nSPS) is 10.5. The smallest absolute Gasteiger partial charge is 0.267 e. The number of benzene rings is 2. The van der Waals surface area contributed by atoms with Crippen molar-refractivity contribution in [1.29, 1.82) is 0 Å². The van der Waals surface area contributed by atoms with Crippen molar-refractivity contribution in [3.63, 3.8) is 0 Å². The van der Waals surface area contributed by atoms with Gasteiger partial charge in [0.05, 0.1) is 11.1 Å². The lowest BCUT2D eigenvalue weighted by Gasteiger charge is -2.02. The second kappa shape index (κ2) is 6.42. The minimum atomic E-state index is -0.483. The molecule has 2 aromatic rings. The van der Waals surface area contributed by atoms with E-state index in [1.807, 2.05) is 19.1 Å². The number of nitro groups is 1. The van der Waals surface area contributed by atoms with Crippen molar-refractivity contribution in [1.82, 2.24) is 5.43 Å². The summed E-state index contributed by atoms with van der Waals surface area (Å²) in [5.74, 6) is -0.324. The Morgan fingerprint density at radius 3 is 2.71 bits per heavy atom. The number of hydrogen-bond donors (Lipinski definition) is 1. The summed E-state index contributed by atoms with van der Waals surface area (Å²) in [6, 6.07) is 13.1. The molecule has 1 amide bonds. The van der Waals surface area contributed by atoms with Crippen LogP contribution in [0.4, 0.5) is 5.69 Å². The van der Waals surface area contributed by atoms with E-state index < -0.39 is 4.92 Å². The summed E-state index contributed by atoms with van der Waals surface area (Å²) in [6.45, 7) is 1.83. The molecule has 2 rings (SSSR count). The molecule has 0 saturated carbocycles. The number of nitrogens with zero attached hydrogens (tertiary/aromatic N) is 2. The molecule has 0 fully saturated rings. The molecule has 0 aliphatic carbocycles. The number of non-ortho nitro benzene ring substituents is 1. The number of carbonyl (C=O) groups is 1. The molecule has 0 aromatic heterocycles. The molecular weight excluding hydrogens is 270 g/mol. The van der Waals surface area contributed by atoms with E-state index in [0.29, 0.717) is 11.1 Å². The van der Waals surface area contributed by atoms with Gasteiger partial charge in [0.15, 0.2) is 0 Å². The molecule has 0 radical (unpaired) electrons. The molecule has 1 N–H and O–H groups in total. The van der Waals surface area contributed by atoms with Crippen LogP contribution in [0.3, 0.4) is 0 Å². The van der Waals surface area contributed by atoms with Crippen LogP contribution in [0.25, 0.3) is 0 Å². The largest absolute Gasteiger partial charge is 0.271 e. The van der Waals surface area contributed by atoms with Crippen LogP contribution in [0.5, 0.6) is 0 Å². The minimum absolute atomic E-state index is 0.0239. The first-order valence-corrected chi connectivity index (χ1v) is 6.21. The predicted molar refractivity (Wildman–Crippen MR) is 79.3 cm³/mol. The van der Waals surface area contributed by atoms with Gasteiger partial charge in [-0.05, 0) is 18.6 Å². The van der Waals surface area contributed by atoms with E-state index in [9.17, 15) is 14.9 Å². The molecule has 0 heterocycles. The maximum absolute atomic E-state index is 11.9. The van der Waals surface area contributed by atoms with Crippen LogP contribution in [0.1, 0.15) is 21.5 Å². The van der Waals surface area contributed by atoms with Crippen molar-refractivity contribution < 1.29 is 9.72 Å². The summed E-state index contributed by atoms with van der Waals surface area (Å²) in [5, 5.41) is 14.5. The van der Waals surface area contributed by atoms with E-state index >= 15 is 0 Å². The molecule has 6 heteroatoms. The SMILES string of the molecule is Cc1ccccc1C(=O)N/N=C\c1cccc([N+](=O)[O-])c1. The summed E-state index contributed by atoms with van der Waals surface area (Å²) < 4.78 is 0. The lowest BCUT2D eigenvalue weighted by Crippen LogP contribution is -2.18. The van der Waals surface area contributed by atoms with E-state index in [1.165, 1.54) is 18.3 Å². The van der Waals surface area contributed by atoms with Crippen molar-refractivity contribution in [2.45, 2.75) is 6.92 Å². The highest BCUT2D eigenvalue weighted by molar-refractivity contribution is 5.96. The highest BCUT2D eigenvalue weighted by Gasteiger charge is 2.07. The molecule has 0 aliphatic rings. The first-order chi connectivity index (χ1) is 10.1. The topological polar surface area (TPSA) is 84.6 Å². The van der Waals surface area contributed by atoms with Crippen LogP contribution < -0.4 is 5.43 Å².